The second-order valence-electron chi connectivity index (χ2n) is 11.8. The van der Waals surface area contributed by atoms with Gasteiger partial charge in [-0.3, -0.25) is 0 Å². The Bertz CT molecular complexity index is 2460. The molecule has 8 aromatic rings. The number of para-hydroxylation sites is 4. The van der Waals surface area contributed by atoms with Gasteiger partial charge in [0.2, 0.25) is 0 Å². The lowest BCUT2D eigenvalue weighted by Crippen LogP contribution is -2.60. The van der Waals surface area contributed by atoms with Crippen molar-refractivity contribution >= 4 is 72.9 Å². The van der Waals surface area contributed by atoms with Crippen molar-refractivity contribution in [3.63, 3.8) is 0 Å². The van der Waals surface area contributed by atoms with Crippen LogP contribution in [-0.4, -0.2) is 11.4 Å². The molecule has 0 bridgehead atoms. The summed E-state index contributed by atoms with van der Waals surface area (Å²) in [4.78, 5) is 2.62. The Morgan fingerprint density at radius 1 is 0.619 bits per heavy atom. The Labute approximate surface area is 243 Å². The lowest BCUT2D eigenvalue weighted by molar-refractivity contribution is 0.669. The summed E-state index contributed by atoms with van der Waals surface area (Å²) in [7, 11) is 0. The van der Waals surface area contributed by atoms with E-state index in [1.807, 2.05) is 0 Å². The summed E-state index contributed by atoms with van der Waals surface area (Å²) >= 11 is 0. The van der Waals surface area contributed by atoms with Crippen LogP contribution in [0.25, 0.3) is 60.6 Å². The Morgan fingerprint density at radius 2 is 1.40 bits per heavy atom. The molecule has 0 radical (unpaired) electrons. The number of hydrogen-bond acceptors (Lipinski definition) is 2. The fourth-order valence-electron chi connectivity index (χ4n) is 7.90. The van der Waals surface area contributed by atoms with Gasteiger partial charge in [-0.25, -0.2) is 0 Å². The van der Waals surface area contributed by atoms with Gasteiger partial charge in [-0.05, 0) is 77.9 Å². The van der Waals surface area contributed by atoms with Crippen LogP contribution >= 0.6 is 0 Å². The second-order valence-corrected chi connectivity index (χ2v) is 11.8. The molecule has 2 aromatic heterocycles. The van der Waals surface area contributed by atoms with Crippen LogP contribution in [0.15, 0.2) is 120 Å². The lowest BCUT2D eigenvalue weighted by atomic mass is 9.43. The second kappa shape index (κ2) is 7.74. The molecule has 0 N–H and O–H groups in total. The predicted octanol–water partition coefficient (Wildman–Crippen LogP) is 8.54. The fraction of sp³-hybridized carbons (Fsp3) is 0.0526. The van der Waals surface area contributed by atoms with Crippen LogP contribution in [0.5, 0.6) is 0 Å². The summed E-state index contributed by atoms with van der Waals surface area (Å²) in [5.41, 5.74) is 15.9. The molecule has 2 aliphatic heterocycles. The van der Waals surface area contributed by atoms with E-state index in [2.05, 4.69) is 138 Å². The van der Waals surface area contributed by atoms with Gasteiger partial charge in [0.05, 0.1) is 16.4 Å². The molecule has 4 heterocycles. The average molecular weight is 536 g/mol. The van der Waals surface area contributed by atoms with E-state index >= 15 is 0 Å². The number of rotatable bonds is 1. The van der Waals surface area contributed by atoms with Gasteiger partial charge in [0.15, 0.2) is 0 Å². The molecule has 0 amide bonds. The Morgan fingerprint density at radius 3 is 2.31 bits per heavy atom. The SMILES string of the molecule is Cc1cc2c3c(c1)-n1c4ccccc4c4cccc(c41)B3N(c1ccccc1C)c1c-2ccc2oc3ccccc3c12. The molecule has 0 fully saturated rings. The van der Waals surface area contributed by atoms with Crippen molar-refractivity contribution in [1.29, 1.82) is 0 Å². The molecule has 2 aliphatic rings. The van der Waals surface area contributed by atoms with E-state index in [1.165, 1.54) is 77.4 Å². The maximum absolute atomic E-state index is 6.47. The molecule has 196 valence electrons. The molecule has 42 heavy (non-hydrogen) atoms. The smallest absolute Gasteiger partial charge is 0.333 e. The molecule has 0 unspecified atom stereocenters. The van der Waals surface area contributed by atoms with E-state index in [-0.39, 0.29) is 6.85 Å². The number of aromatic nitrogens is 1. The zero-order valence-corrected chi connectivity index (χ0v) is 23.3. The van der Waals surface area contributed by atoms with Gasteiger partial charge in [-0.1, -0.05) is 78.9 Å². The third kappa shape index (κ3) is 2.63. The molecule has 0 saturated heterocycles. The van der Waals surface area contributed by atoms with Crippen molar-refractivity contribution in [2.24, 2.45) is 0 Å². The van der Waals surface area contributed by atoms with E-state index in [1.54, 1.807) is 0 Å². The number of benzene rings is 6. The van der Waals surface area contributed by atoms with Crippen LogP contribution in [0.1, 0.15) is 11.1 Å². The number of anilines is 2. The Kier molecular flexibility index (Phi) is 4.14. The summed E-state index contributed by atoms with van der Waals surface area (Å²) in [6, 6.07) is 42.2. The highest BCUT2D eigenvalue weighted by Crippen LogP contribution is 2.50. The minimum absolute atomic E-state index is 0.00368. The highest BCUT2D eigenvalue weighted by Gasteiger charge is 2.45. The van der Waals surface area contributed by atoms with Crippen LogP contribution in [0.3, 0.4) is 0 Å². The third-order valence-electron chi connectivity index (χ3n) is 9.52. The molecule has 3 nitrogen and oxygen atoms in total. The number of aryl methyl sites for hydroxylation is 2. The van der Waals surface area contributed by atoms with E-state index in [9.17, 15) is 0 Å². The molecule has 4 heteroatoms. The molecule has 0 atom stereocenters. The normalized spacial score (nSPS) is 13.4. The zero-order chi connectivity index (χ0) is 27.7. The lowest BCUT2D eigenvalue weighted by Gasteiger charge is -2.43. The number of nitrogens with zero attached hydrogens (tertiary/aromatic N) is 2. The standard InChI is InChI=1S/C38H25BN2O/c1-22-20-28-26-18-19-34-35(27-12-5-8-17-33(27)42-34)38(26)41(30-15-6-3-10-23(30)2)39-29-14-9-13-25-24-11-4-7-16-31(24)40(37(25)29)32(21-22)36(28)39/h3-21H,1-2H3. The highest BCUT2D eigenvalue weighted by molar-refractivity contribution is 6.94. The number of hydrogen-bond donors (Lipinski definition) is 0. The van der Waals surface area contributed by atoms with Gasteiger partial charge in [-0.15, -0.1) is 0 Å². The summed E-state index contributed by atoms with van der Waals surface area (Å²) in [5, 5.41) is 4.94. The molecular weight excluding hydrogens is 511 g/mol. The topological polar surface area (TPSA) is 21.3 Å². The van der Waals surface area contributed by atoms with Gasteiger partial charge >= 0.3 is 6.85 Å². The van der Waals surface area contributed by atoms with Gasteiger partial charge in [0.25, 0.3) is 0 Å². The Hall–Kier alpha value is -5.22. The average Bonchev–Trinajstić information content (AvgIpc) is 3.56. The van der Waals surface area contributed by atoms with Crippen molar-refractivity contribution in [3.8, 4) is 16.8 Å². The molecule has 0 aliphatic carbocycles. The van der Waals surface area contributed by atoms with Crippen molar-refractivity contribution in [2.75, 3.05) is 4.81 Å². The monoisotopic (exact) mass is 536 g/mol. The van der Waals surface area contributed by atoms with Crippen molar-refractivity contribution < 1.29 is 4.42 Å². The van der Waals surface area contributed by atoms with Gasteiger partial charge in [0, 0.05) is 38.8 Å². The van der Waals surface area contributed by atoms with Gasteiger partial charge < -0.3 is 13.8 Å². The van der Waals surface area contributed by atoms with E-state index < -0.39 is 0 Å². The van der Waals surface area contributed by atoms with Crippen molar-refractivity contribution in [1.82, 2.24) is 4.57 Å². The van der Waals surface area contributed by atoms with E-state index in [0.717, 1.165) is 16.6 Å². The van der Waals surface area contributed by atoms with Crippen molar-refractivity contribution in [3.05, 3.63) is 126 Å². The van der Waals surface area contributed by atoms with Crippen LogP contribution in [0.2, 0.25) is 0 Å². The number of furan rings is 1. The maximum atomic E-state index is 6.47. The van der Waals surface area contributed by atoms with Crippen LogP contribution in [0, 0.1) is 13.8 Å². The van der Waals surface area contributed by atoms with Gasteiger partial charge in [-0.2, -0.15) is 0 Å². The first-order valence-corrected chi connectivity index (χ1v) is 14.7. The minimum Gasteiger partial charge on any atom is -0.456 e. The molecular formula is C38H25BN2O. The molecule has 0 spiro atoms. The quantitative estimate of drug-likeness (QED) is 0.196. The van der Waals surface area contributed by atoms with E-state index in [0.29, 0.717) is 0 Å². The summed E-state index contributed by atoms with van der Waals surface area (Å²) in [6.07, 6.45) is 0. The summed E-state index contributed by atoms with van der Waals surface area (Å²) in [5.74, 6) is 0. The van der Waals surface area contributed by atoms with Crippen molar-refractivity contribution in [2.45, 2.75) is 13.8 Å². The maximum Gasteiger partial charge on any atom is 0.333 e. The van der Waals surface area contributed by atoms with Crippen LogP contribution in [-0.2, 0) is 0 Å². The first kappa shape index (κ1) is 22.5. The summed E-state index contributed by atoms with van der Waals surface area (Å²) in [6.45, 7) is 4.46. The largest absolute Gasteiger partial charge is 0.456 e. The van der Waals surface area contributed by atoms with Crippen LogP contribution < -0.4 is 15.7 Å². The predicted molar refractivity (Wildman–Crippen MR) is 177 cm³/mol. The fourth-order valence-corrected chi connectivity index (χ4v) is 7.90. The molecule has 0 saturated carbocycles. The Balaban J connectivity index is 1.46. The van der Waals surface area contributed by atoms with Crippen LogP contribution in [0.4, 0.5) is 11.4 Å². The zero-order valence-electron chi connectivity index (χ0n) is 23.3. The third-order valence-corrected chi connectivity index (χ3v) is 9.52. The summed E-state index contributed by atoms with van der Waals surface area (Å²) < 4.78 is 9.00. The highest BCUT2D eigenvalue weighted by atomic mass is 16.3. The van der Waals surface area contributed by atoms with Gasteiger partial charge in [0.1, 0.15) is 11.2 Å². The first-order valence-electron chi connectivity index (χ1n) is 14.7. The number of fused-ring (bicyclic) bond motifs is 11. The minimum atomic E-state index is 0.00368. The molecule has 6 aromatic carbocycles. The first-order chi connectivity index (χ1) is 20.7. The molecule has 10 rings (SSSR count). The van der Waals surface area contributed by atoms with E-state index in [4.69, 9.17) is 4.42 Å².